The minimum Gasteiger partial charge on any atom is -0.491 e. The second kappa shape index (κ2) is 10.0. The van der Waals surface area contributed by atoms with Crippen LogP contribution in [0.15, 0.2) is 42.5 Å². The van der Waals surface area contributed by atoms with Gasteiger partial charge in [-0.05, 0) is 36.2 Å². The topological polar surface area (TPSA) is 47.6 Å². The lowest BCUT2D eigenvalue weighted by molar-refractivity contribution is -0.121. The zero-order chi connectivity index (χ0) is 18.1. The van der Waals surface area contributed by atoms with E-state index in [4.69, 9.17) is 21.1 Å². The van der Waals surface area contributed by atoms with Crippen LogP contribution in [0.1, 0.15) is 24.5 Å². The lowest BCUT2D eigenvalue weighted by Crippen LogP contribution is -2.24. The summed E-state index contributed by atoms with van der Waals surface area (Å²) in [5.41, 5.74) is 2.11. The minimum atomic E-state index is -0.428. The van der Waals surface area contributed by atoms with E-state index in [1.807, 2.05) is 31.2 Å². The van der Waals surface area contributed by atoms with Gasteiger partial charge in [-0.3, -0.25) is 4.79 Å². The summed E-state index contributed by atoms with van der Waals surface area (Å²) in [6.07, 6.45) is 0.191. The first kappa shape index (κ1) is 19.2. The van der Waals surface area contributed by atoms with Crippen LogP contribution in [-0.4, -0.2) is 19.1 Å². The van der Waals surface area contributed by atoms with Gasteiger partial charge in [0.15, 0.2) is 0 Å². The second-order valence-electron chi connectivity index (χ2n) is 5.40. The van der Waals surface area contributed by atoms with Gasteiger partial charge in [-0.15, -0.1) is 0 Å². The Kier molecular flexibility index (Phi) is 7.70. The van der Waals surface area contributed by atoms with Crippen LogP contribution in [0.25, 0.3) is 0 Å². The van der Waals surface area contributed by atoms with Crippen molar-refractivity contribution in [2.24, 2.45) is 0 Å². The lowest BCUT2D eigenvalue weighted by Gasteiger charge is -2.09. The summed E-state index contributed by atoms with van der Waals surface area (Å²) in [7, 11) is 0. The highest BCUT2D eigenvalue weighted by atomic mass is 35.5. The van der Waals surface area contributed by atoms with E-state index in [9.17, 15) is 9.18 Å². The maximum absolute atomic E-state index is 12.9. The number of benzene rings is 2. The molecule has 2 aromatic carbocycles. The van der Waals surface area contributed by atoms with Crippen molar-refractivity contribution in [2.45, 2.75) is 26.5 Å². The average Bonchev–Trinajstić information content (AvgIpc) is 2.61. The van der Waals surface area contributed by atoms with Gasteiger partial charge in [0.05, 0.1) is 24.7 Å². The van der Waals surface area contributed by atoms with E-state index in [0.29, 0.717) is 25.5 Å². The van der Waals surface area contributed by atoms with E-state index >= 15 is 0 Å². The summed E-state index contributed by atoms with van der Waals surface area (Å²) in [6.45, 7) is 3.85. The molecular weight excluding hydrogens is 345 g/mol. The highest BCUT2D eigenvalue weighted by Crippen LogP contribution is 2.24. The number of ether oxygens (including phenoxy) is 2. The smallest absolute Gasteiger partial charge is 0.223 e. The standard InChI is InChI=1S/C19H21ClFNO3/c1-2-24-13-15-5-3-14(4-6-15)12-22-19(23)9-10-25-18-8-7-16(21)11-17(18)20/h3-8,11H,2,9-10,12-13H2,1H3,(H,22,23). The largest absolute Gasteiger partial charge is 0.491 e. The Bertz CT molecular complexity index is 692. The van der Waals surface area contributed by atoms with Crippen LogP contribution in [0.4, 0.5) is 4.39 Å². The molecule has 134 valence electrons. The second-order valence-corrected chi connectivity index (χ2v) is 5.81. The van der Waals surface area contributed by atoms with Gasteiger partial charge >= 0.3 is 0 Å². The Labute approximate surface area is 151 Å². The summed E-state index contributed by atoms with van der Waals surface area (Å²) in [5.74, 6) is -0.195. The molecule has 0 saturated carbocycles. The van der Waals surface area contributed by atoms with E-state index in [1.165, 1.54) is 18.2 Å². The highest BCUT2D eigenvalue weighted by molar-refractivity contribution is 6.32. The minimum absolute atomic E-state index is 0.128. The van der Waals surface area contributed by atoms with Crippen molar-refractivity contribution in [1.29, 1.82) is 0 Å². The van der Waals surface area contributed by atoms with E-state index in [2.05, 4.69) is 5.32 Å². The quantitative estimate of drug-likeness (QED) is 0.727. The predicted molar refractivity (Wildman–Crippen MR) is 95.1 cm³/mol. The van der Waals surface area contributed by atoms with E-state index in [0.717, 1.165) is 11.1 Å². The summed E-state index contributed by atoms with van der Waals surface area (Å²) < 4.78 is 23.7. The molecular formula is C19H21ClFNO3. The zero-order valence-electron chi connectivity index (χ0n) is 14.1. The Morgan fingerprint density at radius 3 is 2.56 bits per heavy atom. The molecule has 0 atom stereocenters. The number of hydrogen-bond donors (Lipinski definition) is 1. The monoisotopic (exact) mass is 365 g/mol. The summed E-state index contributed by atoms with van der Waals surface area (Å²) in [6, 6.07) is 11.8. The third-order valence-corrected chi connectivity index (χ3v) is 3.76. The molecule has 0 aliphatic carbocycles. The molecule has 4 nitrogen and oxygen atoms in total. The van der Waals surface area contributed by atoms with Gasteiger partial charge in [-0.1, -0.05) is 35.9 Å². The van der Waals surface area contributed by atoms with Gasteiger partial charge in [0.25, 0.3) is 0 Å². The predicted octanol–water partition coefficient (Wildman–Crippen LogP) is 4.10. The fraction of sp³-hybridized carbons (Fsp3) is 0.316. The van der Waals surface area contributed by atoms with Crippen LogP contribution in [-0.2, 0) is 22.7 Å². The van der Waals surface area contributed by atoms with Crippen LogP contribution in [0.2, 0.25) is 5.02 Å². The van der Waals surface area contributed by atoms with Crippen molar-refractivity contribution in [1.82, 2.24) is 5.32 Å². The molecule has 0 heterocycles. The third kappa shape index (κ3) is 6.72. The first-order chi connectivity index (χ1) is 12.1. The van der Waals surface area contributed by atoms with E-state index in [1.54, 1.807) is 0 Å². The Morgan fingerprint density at radius 1 is 1.16 bits per heavy atom. The van der Waals surface area contributed by atoms with Gasteiger partial charge in [0.2, 0.25) is 5.91 Å². The average molecular weight is 366 g/mol. The van der Waals surface area contributed by atoms with Crippen LogP contribution < -0.4 is 10.1 Å². The molecule has 0 aliphatic rings. The third-order valence-electron chi connectivity index (χ3n) is 3.47. The molecule has 0 saturated heterocycles. The van der Waals surface area contributed by atoms with Gasteiger partial charge in [0, 0.05) is 13.2 Å². The number of carbonyl (C=O) groups excluding carboxylic acids is 1. The van der Waals surface area contributed by atoms with E-state index < -0.39 is 5.82 Å². The highest BCUT2D eigenvalue weighted by Gasteiger charge is 2.06. The molecule has 2 aromatic rings. The van der Waals surface area contributed by atoms with Crippen molar-refractivity contribution in [3.05, 3.63) is 64.4 Å². The molecule has 6 heteroatoms. The molecule has 1 amide bonds. The first-order valence-electron chi connectivity index (χ1n) is 8.08. The molecule has 0 unspecified atom stereocenters. The molecule has 0 fully saturated rings. The Balaban J connectivity index is 1.70. The molecule has 0 spiro atoms. The van der Waals surface area contributed by atoms with Gasteiger partial charge < -0.3 is 14.8 Å². The molecule has 0 aromatic heterocycles. The number of nitrogens with one attached hydrogen (secondary N) is 1. The van der Waals surface area contributed by atoms with Gasteiger partial charge in [-0.2, -0.15) is 0 Å². The maximum Gasteiger partial charge on any atom is 0.223 e. The summed E-state index contributed by atoms with van der Waals surface area (Å²) in [4.78, 5) is 11.8. The molecule has 0 aliphatic heterocycles. The van der Waals surface area contributed by atoms with Crippen LogP contribution in [0.5, 0.6) is 5.75 Å². The molecule has 0 bridgehead atoms. The first-order valence-corrected chi connectivity index (χ1v) is 8.46. The van der Waals surface area contributed by atoms with Crippen molar-refractivity contribution in [3.8, 4) is 5.75 Å². The summed E-state index contributed by atoms with van der Waals surface area (Å²) in [5, 5.41) is 3.02. The molecule has 25 heavy (non-hydrogen) atoms. The molecule has 0 radical (unpaired) electrons. The lowest BCUT2D eigenvalue weighted by atomic mass is 10.1. The number of halogens is 2. The van der Waals surface area contributed by atoms with Crippen molar-refractivity contribution >= 4 is 17.5 Å². The van der Waals surface area contributed by atoms with Gasteiger partial charge in [-0.25, -0.2) is 4.39 Å². The van der Waals surface area contributed by atoms with Crippen molar-refractivity contribution in [3.63, 3.8) is 0 Å². The van der Waals surface area contributed by atoms with Crippen molar-refractivity contribution < 1.29 is 18.7 Å². The molecule has 1 N–H and O–H groups in total. The number of rotatable bonds is 9. The Hall–Kier alpha value is -2.11. The zero-order valence-corrected chi connectivity index (χ0v) is 14.8. The van der Waals surface area contributed by atoms with Crippen LogP contribution in [0.3, 0.4) is 0 Å². The normalized spacial score (nSPS) is 10.5. The maximum atomic E-state index is 12.9. The van der Waals surface area contributed by atoms with Crippen molar-refractivity contribution in [2.75, 3.05) is 13.2 Å². The fourth-order valence-electron chi connectivity index (χ4n) is 2.11. The SMILES string of the molecule is CCOCc1ccc(CNC(=O)CCOc2ccc(F)cc2Cl)cc1. The summed E-state index contributed by atoms with van der Waals surface area (Å²) >= 11 is 5.86. The number of hydrogen-bond acceptors (Lipinski definition) is 3. The molecule has 2 rings (SSSR count). The number of amides is 1. The van der Waals surface area contributed by atoms with Crippen LogP contribution >= 0.6 is 11.6 Å². The van der Waals surface area contributed by atoms with Crippen LogP contribution in [0, 0.1) is 5.82 Å². The Morgan fingerprint density at radius 2 is 1.88 bits per heavy atom. The fourth-order valence-corrected chi connectivity index (χ4v) is 2.33. The van der Waals surface area contributed by atoms with E-state index in [-0.39, 0.29) is 24.0 Å². The van der Waals surface area contributed by atoms with Gasteiger partial charge in [0.1, 0.15) is 11.6 Å². The number of carbonyl (C=O) groups is 1.